The summed E-state index contributed by atoms with van der Waals surface area (Å²) in [5, 5.41) is 13.8. The second-order valence-electron chi connectivity index (χ2n) is 6.94. The summed E-state index contributed by atoms with van der Waals surface area (Å²) < 4.78 is 0. The number of hydrogen-bond acceptors (Lipinski definition) is 5. The van der Waals surface area contributed by atoms with Gasteiger partial charge in [-0.15, -0.1) is 0 Å². The van der Waals surface area contributed by atoms with E-state index in [1.807, 2.05) is 12.1 Å². The van der Waals surface area contributed by atoms with E-state index in [1.165, 1.54) is 11.6 Å². The fraction of sp³-hybridized carbons (Fsp3) is 0.130. The van der Waals surface area contributed by atoms with E-state index in [0.29, 0.717) is 18.4 Å². The number of carbonyl (C=O) groups is 3. The van der Waals surface area contributed by atoms with Gasteiger partial charge in [0.05, 0.1) is 12.4 Å². The third-order valence-corrected chi connectivity index (χ3v) is 4.70. The maximum absolute atomic E-state index is 12.5. The number of imidazole rings is 1. The topological polar surface area (TPSA) is 136 Å². The number of hydroxylamine groups is 1. The first-order chi connectivity index (χ1) is 15.5. The largest absolute Gasteiger partial charge is 0.348 e. The molecule has 0 aliphatic carbocycles. The van der Waals surface area contributed by atoms with Crippen molar-refractivity contribution in [2.75, 3.05) is 0 Å². The Kier molecular flexibility index (Phi) is 7.88. The molecule has 0 fully saturated rings. The normalized spacial score (nSPS) is 11.7. The average Bonchev–Trinajstić information content (AvgIpc) is 3.34. The van der Waals surface area contributed by atoms with Crippen LogP contribution < -0.4 is 16.1 Å². The monoisotopic (exact) mass is 433 g/mol. The molecule has 4 amide bonds. The maximum atomic E-state index is 12.5. The van der Waals surface area contributed by atoms with Crippen LogP contribution in [0, 0.1) is 0 Å². The third kappa shape index (κ3) is 6.64. The Morgan fingerprint density at radius 1 is 1.06 bits per heavy atom. The number of imide groups is 1. The minimum atomic E-state index is -0.632. The van der Waals surface area contributed by atoms with E-state index in [-0.39, 0.29) is 6.04 Å². The molecule has 0 bridgehead atoms. The van der Waals surface area contributed by atoms with Crippen LogP contribution in [0.1, 0.15) is 39.6 Å². The quantitative estimate of drug-likeness (QED) is 0.211. The predicted octanol–water partition coefficient (Wildman–Crippen LogP) is 2.74. The molecule has 3 rings (SSSR count). The number of aryl methyl sites for hydroxylation is 1. The number of aromatic amines is 1. The number of amides is 4. The Labute approximate surface area is 184 Å². The number of aromatic nitrogens is 2. The van der Waals surface area contributed by atoms with Crippen LogP contribution in [0.15, 0.2) is 73.2 Å². The molecule has 9 nitrogen and oxygen atoms in total. The van der Waals surface area contributed by atoms with Gasteiger partial charge in [0.15, 0.2) is 0 Å². The molecule has 1 heterocycles. The summed E-state index contributed by atoms with van der Waals surface area (Å²) in [4.78, 5) is 42.9. The molecular weight excluding hydrogens is 410 g/mol. The second kappa shape index (κ2) is 11.2. The molecule has 3 aromatic rings. The van der Waals surface area contributed by atoms with Crippen LogP contribution in [0.3, 0.4) is 0 Å². The predicted molar refractivity (Wildman–Crippen MR) is 117 cm³/mol. The number of nitrogens with one attached hydrogen (secondary N) is 4. The first-order valence-corrected chi connectivity index (χ1v) is 9.91. The van der Waals surface area contributed by atoms with Crippen LogP contribution in [0.4, 0.5) is 4.79 Å². The Hall–Kier alpha value is -4.24. The number of carbonyl (C=O) groups excluding carboxylic acids is 3. The summed E-state index contributed by atoms with van der Waals surface area (Å²) in [5.74, 6) is -1.12. The van der Waals surface area contributed by atoms with Gasteiger partial charge in [-0.25, -0.2) is 15.3 Å². The Balaban J connectivity index is 1.69. The van der Waals surface area contributed by atoms with Crippen molar-refractivity contribution in [2.24, 2.45) is 0 Å². The van der Waals surface area contributed by atoms with Crippen LogP contribution in [-0.2, 0) is 11.2 Å². The van der Waals surface area contributed by atoms with Gasteiger partial charge in [-0.3, -0.25) is 20.1 Å². The smallest absolute Gasteiger partial charge is 0.322 e. The van der Waals surface area contributed by atoms with Crippen LogP contribution in [0.25, 0.3) is 6.08 Å². The molecule has 1 aromatic heterocycles. The van der Waals surface area contributed by atoms with Crippen molar-refractivity contribution < 1.29 is 19.6 Å². The molecule has 0 aliphatic rings. The molecule has 5 N–H and O–H groups in total. The molecular formula is C23H23N5O4. The summed E-state index contributed by atoms with van der Waals surface area (Å²) in [6, 6.07) is 14.7. The van der Waals surface area contributed by atoms with Crippen molar-refractivity contribution in [1.29, 1.82) is 0 Å². The van der Waals surface area contributed by atoms with E-state index in [2.05, 4.69) is 20.6 Å². The fourth-order valence-electron chi connectivity index (χ4n) is 3.05. The number of rotatable bonds is 8. The highest BCUT2D eigenvalue weighted by atomic mass is 16.5. The van der Waals surface area contributed by atoms with E-state index < -0.39 is 17.8 Å². The van der Waals surface area contributed by atoms with Gasteiger partial charge in [-0.1, -0.05) is 42.5 Å². The number of benzene rings is 2. The highest BCUT2D eigenvalue weighted by Gasteiger charge is 2.17. The zero-order chi connectivity index (χ0) is 22.8. The number of H-pyrrole nitrogens is 1. The first kappa shape index (κ1) is 22.4. The first-order valence-electron chi connectivity index (χ1n) is 9.91. The van der Waals surface area contributed by atoms with Crippen molar-refractivity contribution in [3.63, 3.8) is 0 Å². The van der Waals surface area contributed by atoms with E-state index in [0.717, 1.165) is 16.8 Å². The van der Waals surface area contributed by atoms with E-state index >= 15 is 0 Å². The molecule has 0 saturated heterocycles. The summed E-state index contributed by atoms with van der Waals surface area (Å²) in [6.07, 6.45) is 7.26. The molecule has 2 aromatic carbocycles. The van der Waals surface area contributed by atoms with E-state index in [1.54, 1.807) is 61.1 Å². The second-order valence-corrected chi connectivity index (χ2v) is 6.94. The summed E-state index contributed by atoms with van der Waals surface area (Å²) in [7, 11) is 0. The zero-order valence-corrected chi connectivity index (χ0v) is 17.1. The maximum Gasteiger partial charge on any atom is 0.322 e. The summed E-state index contributed by atoms with van der Waals surface area (Å²) in [5.41, 5.74) is 4.41. The minimum absolute atomic E-state index is 0.374. The number of urea groups is 1. The zero-order valence-electron chi connectivity index (χ0n) is 17.1. The average molecular weight is 433 g/mol. The SMILES string of the molecule is O=C(C=Cc1ccc(C(CCc2cnc[nH]2)NC(=O)NC(=O)c2ccccc2)cc1)NO. The highest BCUT2D eigenvalue weighted by Crippen LogP contribution is 2.20. The lowest BCUT2D eigenvalue weighted by atomic mass is 9.99. The number of nitrogens with zero attached hydrogens (tertiary/aromatic N) is 1. The molecule has 0 radical (unpaired) electrons. The van der Waals surface area contributed by atoms with Gasteiger partial charge in [0.25, 0.3) is 11.8 Å². The Morgan fingerprint density at radius 2 is 1.81 bits per heavy atom. The third-order valence-electron chi connectivity index (χ3n) is 4.70. The number of hydrogen-bond donors (Lipinski definition) is 5. The van der Waals surface area contributed by atoms with Gasteiger partial charge in [-0.2, -0.15) is 0 Å². The van der Waals surface area contributed by atoms with Crippen LogP contribution >= 0.6 is 0 Å². The lowest BCUT2D eigenvalue weighted by Crippen LogP contribution is -2.41. The van der Waals surface area contributed by atoms with Crippen molar-refractivity contribution >= 4 is 23.9 Å². The molecule has 1 atom stereocenters. The van der Waals surface area contributed by atoms with Crippen LogP contribution in [-0.4, -0.2) is 33.0 Å². The summed E-state index contributed by atoms with van der Waals surface area (Å²) >= 11 is 0. The van der Waals surface area contributed by atoms with E-state index in [4.69, 9.17) is 5.21 Å². The van der Waals surface area contributed by atoms with Crippen LogP contribution in [0.2, 0.25) is 0 Å². The molecule has 1 unspecified atom stereocenters. The van der Waals surface area contributed by atoms with Gasteiger partial charge in [0.1, 0.15) is 0 Å². The van der Waals surface area contributed by atoms with Crippen molar-refractivity contribution in [1.82, 2.24) is 26.1 Å². The highest BCUT2D eigenvalue weighted by molar-refractivity contribution is 6.04. The molecule has 0 spiro atoms. The molecule has 0 saturated carbocycles. The van der Waals surface area contributed by atoms with Gasteiger partial charge in [-0.05, 0) is 42.2 Å². The Morgan fingerprint density at radius 3 is 2.47 bits per heavy atom. The van der Waals surface area contributed by atoms with Gasteiger partial charge < -0.3 is 10.3 Å². The van der Waals surface area contributed by atoms with Crippen molar-refractivity contribution in [3.05, 3.63) is 95.6 Å². The molecule has 32 heavy (non-hydrogen) atoms. The Bertz CT molecular complexity index is 1060. The van der Waals surface area contributed by atoms with Crippen molar-refractivity contribution in [3.8, 4) is 0 Å². The molecule has 9 heteroatoms. The van der Waals surface area contributed by atoms with Crippen LogP contribution in [0.5, 0.6) is 0 Å². The van der Waals surface area contributed by atoms with Crippen molar-refractivity contribution in [2.45, 2.75) is 18.9 Å². The fourth-order valence-corrected chi connectivity index (χ4v) is 3.05. The standard InChI is InChI=1S/C23H23N5O4/c29-21(28-32)13-8-16-6-9-17(10-7-16)20(12-11-19-14-24-15-25-19)26-23(31)27-22(30)18-4-2-1-3-5-18/h1-10,13-15,20,32H,11-12H2,(H,24,25)(H,28,29)(H2,26,27,30,31). The minimum Gasteiger partial charge on any atom is -0.348 e. The summed E-state index contributed by atoms with van der Waals surface area (Å²) in [6.45, 7) is 0. The van der Waals surface area contributed by atoms with Gasteiger partial charge in [0, 0.05) is 23.5 Å². The van der Waals surface area contributed by atoms with Gasteiger partial charge >= 0.3 is 6.03 Å². The lowest BCUT2D eigenvalue weighted by Gasteiger charge is -2.19. The molecule has 0 aliphatic heterocycles. The molecule has 164 valence electrons. The lowest BCUT2D eigenvalue weighted by molar-refractivity contribution is -0.124. The van der Waals surface area contributed by atoms with Gasteiger partial charge in [0.2, 0.25) is 0 Å². The van der Waals surface area contributed by atoms with E-state index in [9.17, 15) is 14.4 Å².